The second-order valence-electron chi connectivity index (χ2n) is 9.05. The number of benzene rings is 1. The summed E-state index contributed by atoms with van der Waals surface area (Å²) in [7, 11) is 0. The number of hydrogen-bond acceptors (Lipinski definition) is 6. The summed E-state index contributed by atoms with van der Waals surface area (Å²) in [6.07, 6.45) is 5.63. The van der Waals surface area contributed by atoms with Crippen molar-refractivity contribution in [2.45, 2.75) is 46.5 Å². The summed E-state index contributed by atoms with van der Waals surface area (Å²) in [5.74, 6) is -0.945. The van der Waals surface area contributed by atoms with Crippen LogP contribution in [0, 0.1) is 25.2 Å². The van der Waals surface area contributed by atoms with Crippen LogP contribution in [-0.4, -0.2) is 29.0 Å². The summed E-state index contributed by atoms with van der Waals surface area (Å²) >= 11 is 1.55. The van der Waals surface area contributed by atoms with Gasteiger partial charge in [0.05, 0.1) is 18.0 Å². The van der Waals surface area contributed by atoms with E-state index < -0.39 is 17.8 Å². The van der Waals surface area contributed by atoms with Gasteiger partial charge in [0.1, 0.15) is 22.3 Å². The third kappa shape index (κ3) is 4.23. The molecular weight excluding hydrogens is 488 g/mol. The molecule has 9 heteroatoms. The first kappa shape index (κ1) is 24.5. The fourth-order valence-electron chi connectivity index (χ4n) is 5.07. The standard InChI is InChI=1S/C28H26N4O4S/c1-4-36-20-9-7-8-19(14-20)32-27(34)22(26(33)30-28(32)35)13-18-12-16(2)31(17(18)3)25-21-10-5-6-11-23(21)37-24(25)15-29/h7-9,12-14H,4-6,10-11H2,1-3H3,(H,30,33,35)/b22-13+. The Labute approximate surface area is 218 Å². The van der Waals surface area contributed by atoms with Gasteiger partial charge in [-0.05, 0) is 81.9 Å². The zero-order valence-corrected chi connectivity index (χ0v) is 21.7. The molecular formula is C28H26N4O4S. The van der Waals surface area contributed by atoms with Crippen LogP contribution in [0.1, 0.15) is 52.0 Å². The molecule has 3 heterocycles. The first-order valence-electron chi connectivity index (χ1n) is 12.2. The number of imide groups is 2. The van der Waals surface area contributed by atoms with Crippen molar-refractivity contribution in [1.82, 2.24) is 9.88 Å². The highest BCUT2D eigenvalue weighted by Gasteiger charge is 2.37. The molecule has 5 rings (SSSR count). The zero-order chi connectivity index (χ0) is 26.3. The molecule has 0 radical (unpaired) electrons. The number of hydrogen-bond donors (Lipinski definition) is 1. The summed E-state index contributed by atoms with van der Waals surface area (Å²) in [6.45, 7) is 6.13. The van der Waals surface area contributed by atoms with Crippen molar-refractivity contribution in [2.24, 2.45) is 0 Å². The lowest BCUT2D eigenvalue weighted by molar-refractivity contribution is -0.122. The molecule has 8 nitrogen and oxygen atoms in total. The van der Waals surface area contributed by atoms with E-state index in [1.807, 2.05) is 31.4 Å². The van der Waals surface area contributed by atoms with E-state index in [1.165, 1.54) is 16.5 Å². The second-order valence-corrected chi connectivity index (χ2v) is 10.2. The van der Waals surface area contributed by atoms with Crippen molar-refractivity contribution < 1.29 is 19.1 Å². The maximum absolute atomic E-state index is 13.4. The highest BCUT2D eigenvalue weighted by Crippen LogP contribution is 2.39. The highest BCUT2D eigenvalue weighted by atomic mass is 32.1. The van der Waals surface area contributed by atoms with Crippen LogP contribution in [0.4, 0.5) is 10.5 Å². The number of aryl methyl sites for hydroxylation is 2. The van der Waals surface area contributed by atoms with Crippen molar-refractivity contribution in [3.05, 3.63) is 68.2 Å². The second kappa shape index (κ2) is 9.71. The van der Waals surface area contributed by atoms with Crippen LogP contribution in [0.5, 0.6) is 5.75 Å². The van der Waals surface area contributed by atoms with Crippen LogP contribution in [0.25, 0.3) is 11.8 Å². The molecule has 2 aliphatic rings. The van der Waals surface area contributed by atoms with E-state index in [0.29, 0.717) is 28.5 Å². The number of urea groups is 1. The molecule has 0 unspecified atom stereocenters. The van der Waals surface area contributed by atoms with Crippen LogP contribution < -0.4 is 15.0 Å². The van der Waals surface area contributed by atoms with E-state index in [9.17, 15) is 19.6 Å². The lowest BCUT2D eigenvalue weighted by Crippen LogP contribution is -2.54. The molecule has 1 N–H and O–H groups in total. The van der Waals surface area contributed by atoms with Gasteiger partial charge in [-0.15, -0.1) is 11.3 Å². The lowest BCUT2D eigenvalue weighted by Gasteiger charge is -2.26. The van der Waals surface area contributed by atoms with Gasteiger partial charge in [-0.25, -0.2) is 9.69 Å². The van der Waals surface area contributed by atoms with E-state index >= 15 is 0 Å². The molecule has 3 aromatic rings. The molecule has 4 amide bonds. The molecule has 2 aromatic heterocycles. The monoisotopic (exact) mass is 514 g/mol. The molecule has 1 saturated heterocycles. The quantitative estimate of drug-likeness (QED) is 0.382. The van der Waals surface area contributed by atoms with Gasteiger partial charge in [-0.1, -0.05) is 6.07 Å². The molecule has 37 heavy (non-hydrogen) atoms. The van der Waals surface area contributed by atoms with Crippen molar-refractivity contribution in [1.29, 1.82) is 5.26 Å². The average molecular weight is 515 g/mol. The third-order valence-corrected chi connectivity index (χ3v) is 7.91. The van der Waals surface area contributed by atoms with Gasteiger partial charge in [0.15, 0.2) is 0 Å². The number of fused-ring (bicyclic) bond motifs is 1. The number of barbiturate groups is 1. The lowest BCUT2D eigenvalue weighted by atomic mass is 9.97. The number of thiophene rings is 1. The van der Waals surface area contributed by atoms with Gasteiger partial charge in [0, 0.05) is 22.3 Å². The molecule has 1 fully saturated rings. The maximum atomic E-state index is 13.4. The van der Waals surface area contributed by atoms with Crippen LogP contribution in [-0.2, 0) is 22.4 Å². The number of amides is 4. The number of aromatic nitrogens is 1. The molecule has 0 saturated carbocycles. The van der Waals surface area contributed by atoms with Crippen LogP contribution in [0.3, 0.4) is 0 Å². The SMILES string of the molecule is CCOc1cccc(N2C(=O)NC(=O)/C(=C\c3cc(C)n(-c4c(C#N)sc5c4CCCC5)c3C)C2=O)c1. The smallest absolute Gasteiger partial charge is 0.335 e. The molecule has 1 aliphatic carbocycles. The number of carbonyl (C=O) groups is 3. The normalized spacial score (nSPS) is 16.5. The number of nitrogens with zero attached hydrogens (tertiary/aromatic N) is 3. The van der Waals surface area contributed by atoms with E-state index in [4.69, 9.17) is 4.74 Å². The van der Waals surface area contributed by atoms with Gasteiger partial charge in [0.25, 0.3) is 11.8 Å². The minimum Gasteiger partial charge on any atom is -0.494 e. The Hall–Kier alpha value is -4.16. The van der Waals surface area contributed by atoms with Crippen LogP contribution in [0.15, 0.2) is 35.9 Å². The first-order valence-corrected chi connectivity index (χ1v) is 13.0. The molecule has 0 bridgehead atoms. The summed E-state index contributed by atoms with van der Waals surface area (Å²) in [5, 5.41) is 12.1. The number of rotatable bonds is 5. The maximum Gasteiger partial charge on any atom is 0.335 e. The van der Waals surface area contributed by atoms with Crippen LogP contribution in [0.2, 0.25) is 0 Å². The summed E-state index contributed by atoms with van der Waals surface area (Å²) < 4.78 is 7.55. The number of nitrogens with one attached hydrogen (secondary N) is 1. The molecule has 188 valence electrons. The Morgan fingerprint density at radius 2 is 1.95 bits per heavy atom. The van der Waals surface area contributed by atoms with E-state index in [2.05, 4.69) is 11.4 Å². The largest absolute Gasteiger partial charge is 0.494 e. The molecule has 0 spiro atoms. The third-order valence-electron chi connectivity index (χ3n) is 6.73. The topological polar surface area (TPSA) is 104 Å². The Kier molecular flexibility index (Phi) is 6.44. The molecule has 1 aromatic carbocycles. The Bertz CT molecular complexity index is 1520. The predicted molar refractivity (Wildman–Crippen MR) is 141 cm³/mol. The number of ether oxygens (including phenoxy) is 1. The molecule has 1 aliphatic heterocycles. The van der Waals surface area contributed by atoms with Gasteiger partial charge >= 0.3 is 6.03 Å². The van der Waals surface area contributed by atoms with Gasteiger partial charge in [-0.2, -0.15) is 5.26 Å². The first-order chi connectivity index (χ1) is 17.8. The van der Waals surface area contributed by atoms with Crippen molar-refractivity contribution in [3.8, 4) is 17.5 Å². The van der Waals surface area contributed by atoms with Gasteiger partial charge in [0.2, 0.25) is 0 Å². The van der Waals surface area contributed by atoms with Crippen molar-refractivity contribution >= 4 is 40.9 Å². The van der Waals surface area contributed by atoms with Gasteiger partial charge in [-0.3, -0.25) is 14.9 Å². The van der Waals surface area contributed by atoms with E-state index in [1.54, 1.807) is 35.6 Å². The minimum absolute atomic E-state index is 0.144. The Morgan fingerprint density at radius 1 is 1.16 bits per heavy atom. The highest BCUT2D eigenvalue weighted by molar-refractivity contribution is 7.13. The number of carbonyl (C=O) groups excluding carboxylic acids is 3. The Morgan fingerprint density at radius 3 is 2.70 bits per heavy atom. The van der Waals surface area contributed by atoms with Crippen molar-refractivity contribution in [3.63, 3.8) is 0 Å². The number of anilines is 1. The van der Waals surface area contributed by atoms with E-state index in [-0.39, 0.29) is 5.57 Å². The van der Waals surface area contributed by atoms with Gasteiger partial charge < -0.3 is 9.30 Å². The van der Waals surface area contributed by atoms with Crippen molar-refractivity contribution in [2.75, 3.05) is 11.5 Å². The predicted octanol–water partition coefficient (Wildman–Crippen LogP) is 4.97. The van der Waals surface area contributed by atoms with Crippen LogP contribution >= 0.6 is 11.3 Å². The fraction of sp³-hybridized carbons (Fsp3) is 0.286. The average Bonchev–Trinajstić information content (AvgIpc) is 3.37. The molecule has 0 atom stereocenters. The Balaban J connectivity index is 1.57. The fourth-order valence-corrected chi connectivity index (χ4v) is 6.24. The van der Waals surface area contributed by atoms with E-state index in [0.717, 1.165) is 47.7 Å². The minimum atomic E-state index is -0.810. The summed E-state index contributed by atoms with van der Waals surface area (Å²) in [6, 6.07) is 10.1. The number of nitriles is 1. The summed E-state index contributed by atoms with van der Waals surface area (Å²) in [5.41, 5.74) is 4.67. The zero-order valence-electron chi connectivity index (χ0n) is 20.9. The summed E-state index contributed by atoms with van der Waals surface area (Å²) in [4.78, 5) is 41.7.